The van der Waals surface area contributed by atoms with Gasteiger partial charge in [-0.1, -0.05) is 6.07 Å². The first kappa shape index (κ1) is 10.0. The first-order valence-electron chi connectivity index (χ1n) is 5.16. The molecule has 2 rings (SSSR count). The summed E-state index contributed by atoms with van der Waals surface area (Å²) in [7, 11) is 3.12. The second kappa shape index (κ2) is 3.93. The van der Waals surface area contributed by atoms with Gasteiger partial charge in [-0.05, 0) is 42.5 Å². The van der Waals surface area contributed by atoms with Crippen LogP contribution in [0, 0.1) is 0 Å². The number of rotatable bonds is 1. The summed E-state index contributed by atoms with van der Waals surface area (Å²) in [6.45, 7) is 0. The van der Waals surface area contributed by atoms with E-state index >= 15 is 0 Å². The smallest absolute Gasteiger partial charge is 0.413 e. The predicted molar refractivity (Wildman–Crippen MR) is 59.3 cm³/mol. The fraction of sp³-hybridized carbons (Fsp3) is 0.417. The minimum absolute atomic E-state index is 0.326. The van der Waals surface area contributed by atoms with Crippen molar-refractivity contribution in [2.75, 3.05) is 19.1 Å². The van der Waals surface area contributed by atoms with E-state index in [9.17, 15) is 4.79 Å². The van der Waals surface area contributed by atoms with Crippen LogP contribution < -0.4 is 4.90 Å². The van der Waals surface area contributed by atoms with Crippen LogP contribution in [0.25, 0.3) is 0 Å². The van der Waals surface area contributed by atoms with Gasteiger partial charge in [-0.15, -0.1) is 0 Å². The van der Waals surface area contributed by atoms with Crippen molar-refractivity contribution in [1.82, 2.24) is 0 Å². The molecule has 0 aliphatic heterocycles. The number of benzene rings is 1. The van der Waals surface area contributed by atoms with Crippen molar-refractivity contribution in [2.24, 2.45) is 0 Å². The molecule has 0 bridgehead atoms. The van der Waals surface area contributed by atoms with Gasteiger partial charge >= 0.3 is 6.09 Å². The van der Waals surface area contributed by atoms with Crippen LogP contribution in [0.5, 0.6) is 0 Å². The van der Waals surface area contributed by atoms with Gasteiger partial charge in [-0.3, -0.25) is 4.90 Å². The van der Waals surface area contributed by atoms with E-state index in [0.717, 1.165) is 18.5 Å². The Hall–Kier alpha value is -1.51. The van der Waals surface area contributed by atoms with Crippen LogP contribution in [0.3, 0.4) is 0 Å². The number of ether oxygens (including phenoxy) is 1. The molecule has 0 unspecified atom stereocenters. The summed E-state index contributed by atoms with van der Waals surface area (Å²) in [5, 5.41) is 0. The molecular weight excluding hydrogens is 190 g/mol. The number of carbonyl (C=O) groups is 1. The second-order valence-corrected chi connectivity index (χ2v) is 3.84. The van der Waals surface area contributed by atoms with Crippen LogP contribution in [-0.2, 0) is 17.6 Å². The highest BCUT2D eigenvalue weighted by atomic mass is 16.5. The number of nitrogens with zero attached hydrogens (tertiary/aromatic N) is 1. The Kier molecular flexibility index (Phi) is 2.62. The molecule has 15 heavy (non-hydrogen) atoms. The fourth-order valence-electron chi connectivity index (χ4n) is 2.01. The molecule has 80 valence electrons. The van der Waals surface area contributed by atoms with Gasteiger partial charge in [0, 0.05) is 12.7 Å². The second-order valence-electron chi connectivity index (χ2n) is 3.84. The summed E-state index contributed by atoms with van der Waals surface area (Å²) in [5.41, 5.74) is 3.68. The summed E-state index contributed by atoms with van der Waals surface area (Å²) < 4.78 is 4.67. The lowest BCUT2D eigenvalue weighted by molar-refractivity contribution is 0.180. The van der Waals surface area contributed by atoms with E-state index in [1.807, 2.05) is 6.07 Å². The molecule has 0 aromatic heterocycles. The van der Waals surface area contributed by atoms with Gasteiger partial charge in [0.05, 0.1) is 7.11 Å². The molecule has 1 aromatic carbocycles. The number of amides is 1. The quantitative estimate of drug-likeness (QED) is 0.704. The maximum Gasteiger partial charge on any atom is 0.413 e. The molecule has 0 radical (unpaired) electrons. The maximum atomic E-state index is 11.3. The van der Waals surface area contributed by atoms with Crippen molar-refractivity contribution < 1.29 is 9.53 Å². The zero-order chi connectivity index (χ0) is 10.8. The number of hydrogen-bond donors (Lipinski definition) is 0. The van der Waals surface area contributed by atoms with Gasteiger partial charge in [-0.2, -0.15) is 0 Å². The summed E-state index contributed by atoms with van der Waals surface area (Å²) in [5.74, 6) is 0. The topological polar surface area (TPSA) is 29.5 Å². The molecule has 0 atom stereocenters. The molecule has 0 N–H and O–H groups in total. The zero-order valence-electron chi connectivity index (χ0n) is 9.12. The highest BCUT2D eigenvalue weighted by Gasteiger charge is 2.15. The summed E-state index contributed by atoms with van der Waals surface area (Å²) in [6, 6.07) is 6.16. The van der Waals surface area contributed by atoms with Gasteiger partial charge in [0.25, 0.3) is 0 Å². The SMILES string of the molecule is COC(=O)N(C)c1ccc2c(c1)CCC2. The van der Waals surface area contributed by atoms with Crippen molar-refractivity contribution in [3.05, 3.63) is 29.3 Å². The Morgan fingerprint density at radius 1 is 1.33 bits per heavy atom. The Labute approximate surface area is 89.7 Å². The van der Waals surface area contributed by atoms with E-state index in [0.29, 0.717) is 0 Å². The van der Waals surface area contributed by atoms with Crippen LogP contribution in [0.15, 0.2) is 18.2 Å². The minimum Gasteiger partial charge on any atom is -0.452 e. The summed E-state index contributed by atoms with van der Waals surface area (Å²) >= 11 is 0. The summed E-state index contributed by atoms with van der Waals surface area (Å²) in [4.78, 5) is 12.8. The number of methoxy groups -OCH3 is 1. The van der Waals surface area contributed by atoms with E-state index in [1.165, 1.54) is 29.6 Å². The summed E-state index contributed by atoms with van der Waals surface area (Å²) in [6.07, 6.45) is 3.18. The van der Waals surface area contributed by atoms with Crippen LogP contribution in [0.4, 0.5) is 10.5 Å². The molecule has 3 nitrogen and oxygen atoms in total. The predicted octanol–water partition coefficient (Wildman–Crippen LogP) is 2.38. The van der Waals surface area contributed by atoms with Crippen molar-refractivity contribution >= 4 is 11.8 Å². The lowest BCUT2D eigenvalue weighted by Gasteiger charge is -2.16. The molecule has 0 fully saturated rings. The van der Waals surface area contributed by atoms with E-state index < -0.39 is 0 Å². The number of hydrogen-bond acceptors (Lipinski definition) is 2. The monoisotopic (exact) mass is 205 g/mol. The largest absolute Gasteiger partial charge is 0.452 e. The van der Waals surface area contributed by atoms with Crippen molar-refractivity contribution in [2.45, 2.75) is 19.3 Å². The van der Waals surface area contributed by atoms with E-state index in [1.54, 1.807) is 7.05 Å². The third-order valence-corrected chi connectivity index (χ3v) is 2.92. The standard InChI is InChI=1S/C12H15NO2/c1-13(12(14)15-2)11-7-6-9-4-3-5-10(9)8-11/h6-8H,3-5H2,1-2H3. The average Bonchev–Trinajstić information content (AvgIpc) is 2.73. The number of anilines is 1. The molecule has 1 aromatic rings. The molecule has 1 amide bonds. The normalized spacial score (nSPS) is 13.5. The Bertz CT molecular complexity index is 387. The Morgan fingerprint density at radius 3 is 2.80 bits per heavy atom. The van der Waals surface area contributed by atoms with Gasteiger partial charge in [0.2, 0.25) is 0 Å². The Morgan fingerprint density at radius 2 is 2.07 bits per heavy atom. The van der Waals surface area contributed by atoms with Crippen LogP contribution in [0.2, 0.25) is 0 Å². The van der Waals surface area contributed by atoms with Crippen LogP contribution in [-0.4, -0.2) is 20.3 Å². The molecule has 3 heteroatoms. The molecule has 0 heterocycles. The van der Waals surface area contributed by atoms with Gasteiger partial charge in [0.15, 0.2) is 0 Å². The lowest BCUT2D eigenvalue weighted by Crippen LogP contribution is -2.25. The molecule has 0 saturated heterocycles. The number of aryl methyl sites for hydroxylation is 2. The van der Waals surface area contributed by atoms with Crippen molar-refractivity contribution in [1.29, 1.82) is 0 Å². The Balaban J connectivity index is 2.26. The number of carbonyl (C=O) groups excluding carboxylic acids is 1. The van der Waals surface area contributed by atoms with Gasteiger partial charge < -0.3 is 4.74 Å². The van der Waals surface area contributed by atoms with E-state index in [2.05, 4.69) is 16.9 Å². The highest BCUT2D eigenvalue weighted by molar-refractivity contribution is 5.87. The first-order chi connectivity index (χ1) is 7.22. The van der Waals surface area contributed by atoms with E-state index in [4.69, 9.17) is 0 Å². The minimum atomic E-state index is -0.326. The molecule has 1 aliphatic carbocycles. The highest BCUT2D eigenvalue weighted by Crippen LogP contribution is 2.26. The van der Waals surface area contributed by atoms with Crippen molar-refractivity contribution in [3.8, 4) is 0 Å². The molecule has 0 saturated carbocycles. The maximum absolute atomic E-state index is 11.3. The zero-order valence-corrected chi connectivity index (χ0v) is 9.12. The fourth-order valence-corrected chi connectivity index (χ4v) is 2.01. The third-order valence-electron chi connectivity index (χ3n) is 2.92. The van der Waals surface area contributed by atoms with Crippen LogP contribution >= 0.6 is 0 Å². The van der Waals surface area contributed by atoms with Gasteiger partial charge in [0.1, 0.15) is 0 Å². The molecule has 0 spiro atoms. The lowest BCUT2D eigenvalue weighted by atomic mass is 10.1. The van der Waals surface area contributed by atoms with E-state index in [-0.39, 0.29) is 6.09 Å². The van der Waals surface area contributed by atoms with Crippen LogP contribution in [0.1, 0.15) is 17.5 Å². The third kappa shape index (κ3) is 1.82. The first-order valence-corrected chi connectivity index (χ1v) is 5.16. The molecular formula is C12H15NO2. The van der Waals surface area contributed by atoms with Gasteiger partial charge in [-0.25, -0.2) is 4.79 Å². The number of fused-ring (bicyclic) bond motifs is 1. The average molecular weight is 205 g/mol. The molecule has 1 aliphatic rings. The van der Waals surface area contributed by atoms with Crippen molar-refractivity contribution in [3.63, 3.8) is 0 Å².